The highest BCUT2D eigenvalue weighted by atomic mass is 32.2. The van der Waals surface area contributed by atoms with E-state index in [9.17, 15) is 32.7 Å². The van der Waals surface area contributed by atoms with Gasteiger partial charge in [-0.1, -0.05) is 12.7 Å². The van der Waals surface area contributed by atoms with Crippen molar-refractivity contribution in [2.75, 3.05) is 13.7 Å². The molecule has 0 bridgehead atoms. The van der Waals surface area contributed by atoms with Crippen LogP contribution in [0, 0.1) is 5.92 Å². The van der Waals surface area contributed by atoms with Crippen molar-refractivity contribution in [3.05, 3.63) is 55.8 Å². The molecular formula is C32H39N5O9S. The summed E-state index contributed by atoms with van der Waals surface area (Å²) in [5.74, 6) is -2.79. The molecule has 5 unspecified atom stereocenters. The van der Waals surface area contributed by atoms with E-state index in [1.807, 2.05) is 0 Å². The standard InChI is InChI=1S/C32H39N5O9S/c1-6-19-16-32(19,30(41)36-47(43,44)22-9-10-22)35-27(39)24-15-21(17-37(24)29(40)26(31(3,4)42)34-25(38)7-2)46-28-23-11-8-20(45-5)14-18(23)12-13-33-28/h6-8,11-14,19,21-22,24,26,42H,1-2,9-10,15-17H2,3-5H3,(H,34,38)(H,35,39)(H,36,41). The number of amides is 4. The number of methoxy groups -OCH3 is 1. The van der Waals surface area contributed by atoms with Gasteiger partial charge in [0.15, 0.2) is 0 Å². The Balaban J connectivity index is 1.44. The van der Waals surface area contributed by atoms with Crippen LogP contribution < -0.4 is 24.8 Å². The lowest BCUT2D eigenvalue weighted by atomic mass is 9.97. The summed E-state index contributed by atoms with van der Waals surface area (Å²) in [5.41, 5.74) is -3.34. The molecule has 2 heterocycles. The second-order valence-corrected chi connectivity index (χ2v) is 14.6. The molecule has 1 aliphatic heterocycles. The van der Waals surface area contributed by atoms with Gasteiger partial charge < -0.3 is 30.1 Å². The van der Waals surface area contributed by atoms with E-state index in [0.29, 0.717) is 24.0 Å². The number of hydrogen-bond donors (Lipinski definition) is 4. The predicted molar refractivity (Wildman–Crippen MR) is 171 cm³/mol. The fourth-order valence-electron chi connectivity index (χ4n) is 5.81. The Labute approximate surface area is 272 Å². The molecule has 5 rings (SSSR count). The number of carbonyl (C=O) groups is 4. The predicted octanol–water partition coefficient (Wildman–Crippen LogP) is 0.703. The number of aliphatic hydroxyl groups is 1. The van der Waals surface area contributed by atoms with Crippen molar-refractivity contribution in [2.24, 2.45) is 5.92 Å². The molecule has 0 spiro atoms. The number of pyridine rings is 1. The van der Waals surface area contributed by atoms with Crippen LogP contribution in [0.2, 0.25) is 0 Å². The Morgan fingerprint density at radius 1 is 1.19 bits per heavy atom. The number of ether oxygens (including phenoxy) is 2. The molecule has 252 valence electrons. The van der Waals surface area contributed by atoms with E-state index < -0.39 is 74.1 Å². The van der Waals surface area contributed by atoms with Crippen molar-refractivity contribution < 1.29 is 42.2 Å². The van der Waals surface area contributed by atoms with E-state index in [1.54, 1.807) is 37.6 Å². The summed E-state index contributed by atoms with van der Waals surface area (Å²) >= 11 is 0. The highest BCUT2D eigenvalue weighted by molar-refractivity contribution is 7.91. The molecule has 2 saturated carbocycles. The first-order valence-corrected chi connectivity index (χ1v) is 16.7. The van der Waals surface area contributed by atoms with Gasteiger partial charge in [0.25, 0.3) is 5.91 Å². The molecular weight excluding hydrogens is 630 g/mol. The highest BCUT2D eigenvalue weighted by Crippen LogP contribution is 2.45. The van der Waals surface area contributed by atoms with Crippen LogP contribution in [-0.2, 0) is 29.2 Å². The van der Waals surface area contributed by atoms with Gasteiger partial charge in [-0.05, 0) is 68.8 Å². The van der Waals surface area contributed by atoms with Crippen molar-refractivity contribution in [2.45, 2.75) is 74.1 Å². The van der Waals surface area contributed by atoms with E-state index in [0.717, 1.165) is 11.5 Å². The number of fused-ring (bicyclic) bond motifs is 1. The average molecular weight is 670 g/mol. The summed E-state index contributed by atoms with van der Waals surface area (Å²) in [6.07, 6.45) is 4.14. The molecule has 1 aromatic heterocycles. The molecule has 15 heteroatoms. The fourth-order valence-corrected chi connectivity index (χ4v) is 7.17. The third-order valence-electron chi connectivity index (χ3n) is 8.74. The van der Waals surface area contributed by atoms with Gasteiger partial charge >= 0.3 is 0 Å². The lowest BCUT2D eigenvalue weighted by Gasteiger charge is -2.34. The maximum Gasteiger partial charge on any atom is 0.259 e. The second kappa shape index (κ2) is 12.6. The third kappa shape index (κ3) is 6.95. The van der Waals surface area contributed by atoms with E-state index in [2.05, 4.69) is 33.5 Å². The zero-order valence-corrected chi connectivity index (χ0v) is 27.2. The monoisotopic (exact) mass is 669 g/mol. The van der Waals surface area contributed by atoms with Gasteiger partial charge in [0.1, 0.15) is 29.5 Å². The van der Waals surface area contributed by atoms with Gasteiger partial charge in [0.2, 0.25) is 33.6 Å². The Morgan fingerprint density at radius 2 is 1.91 bits per heavy atom. The van der Waals surface area contributed by atoms with E-state index in [-0.39, 0.29) is 25.3 Å². The van der Waals surface area contributed by atoms with Gasteiger partial charge in [0, 0.05) is 23.9 Å². The Bertz CT molecular complexity index is 1740. The lowest BCUT2D eigenvalue weighted by molar-refractivity contribution is -0.146. The van der Waals surface area contributed by atoms with Gasteiger partial charge in [-0.25, -0.2) is 13.4 Å². The van der Waals surface area contributed by atoms with Gasteiger partial charge in [-0.15, -0.1) is 6.58 Å². The van der Waals surface area contributed by atoms with E-state index in [4.69, 9.17) is 9.47 Å². The number of sulfonamides is 1. The van der Waals surface area contributed by atoms with E-state index >= 15 is 0 Å². The molecule has 2 aromatic rings. The molecule has 3 aliphatic rings. The summed E-state index contributed by atoms with van der Waals surface area (Å²) in [6.45, 7) is 9.66. The smallest absolute Gasteiger partial charge is 0.259 e. The minimum atomic E-state index is -3.91. The molecule has 3 fully saturated rings. The number of carbonyl (C=O) groups excluding carboxylic acids is 4. The van der Waals surface area contributed by atoms with Crippen LogP contribution in [-0.4, -0.2) is 95.3 Å². The van der Waals surface area contributed by atoms with Crippen LogP contribution in [0.3, 0.4) is 0 Å². The van der Waals surface area contributed by atoms with Crippen molar-refractivity contribution in [3.8, 4) is 11.6 Å². The Morgan fingerprint density at radius 3 is 2.51 bits per heavy atom. The summed E-state index contributed by atoms with van der Waals surface area (Å²) in [5, 5.41) is 16.8. The van der Waals surface area contributed by atoms with Crippen molar-refractivity contribution >= 4 is 44.4 Å². The number of rotatable bonds is 13. The normalized spacial score (nSPS) is 24.5. The molecule has 14 nitrogen and oxygen atoms in total. The zero-order valence-electron chi connectivity index (χ0n) is 26.4. The first-order chi connectivity index (χ1) is 22.1. The quantitative estimate of drug-likeness (QED) is 0.174. The minimum absolute atomic E-state index is 0.0450. The molecule has 0 radical (unpaired) electrons. The number of benzene rings is 1. The number of hydrogen-bond acceptors (Lipinski definition) is 10. The first kappa shape index (κ1) is 33.9. The summed E-state index contributed by atoms with van der Waals surface area (Å²) in [6, 6.07) is 4.39. The maximum atomic E-state index is 14.0. The maximum absolute atomic E-state index is 14.0. The van der Waals surface area contributed by atoms with Crippen LogP contribution in [0.4, 0.5) is 0 Å². The molecule has 4 N–H and O–H groups in total. The summed E-state index contributed by atoms with van der Waals surface area (Å²) in [4.78, 5) is 59.1. The van der Waals surface area contributed by atoms with Crippen LogP contribution in [0.1, 0.15) is 39.5 Å². The number of nitrogens with one attached hydrogen (secondary N) is 3. The minimum Gasteiger partial charge on any atom is -0.497 e. The lowest BCUT2D eigenvalue weighted by Crippen LogP contribution is -2.62. The molecule has 5 atom stereocenters. The Hall–Kier alpha value is -4.50. The topological polar surface area (TPSA) is 193 Å². The van der Waals surface area contributed by atoms with Gasteiger partial charge in [-0.3, -0.25) is 23.9 Å². The summed E-state index contributed by atoms with van der Waals surface area (Å²) in [7, 11) is -2.36. The number of likely N-dealkylation sites (tertiary alicyclic amines) is 1. The summed E-state index contributed by atoms with van der Waals surface area (Å²) < 4.78 is 38.8. The molecule has 2 aliphatic carbocycles. The van der Waals surface area contributed by atoms with Crippen LogP contribution in [0.5, 0.6) is 11.6 Å². The third-order valence-corrected chi connectivity index (χ3v) is 10.6. The van der Waals surface area contributed by atoms with E-state index in [1.165, 1.54) is 24.8 Å². The van der Waals surface area contributed by atoms with Crippen LogP contribution >= 0.6 is 0 Å². The Kier molecular flexibility index (Phi) is 9.08. The largest absolute Gasteiger partial charge is 0.497 e. The molecule has 1 aromatic carbocycles. The van der Waals surface area contributed by atoms with Crippen molar-refractivity contribution in [3.63, 3.8) is 0 Å². The molecule has 1 saturated heterocycles. The highest BCUT2D eigenvalue weighted by Gasteiger charge is 2.62. The van der Waals surface area contributed by atoms with Crippen LogP contribution in [0.25, 0.3) is 10.8 Å². The van der Waals surface area contributed by atoms with Gasteiger partial charge in [-0.2, -0.15) is 0 Å². The fraction of sp³-hybridized carbons (Fsp3) is 0.469. The molecule has 47 heavy (non-hydrogen) atoms. The average Bonchev–Trinajstić information content (AvgIpc) is 3.95. The number of nitrogens with zero attached hydrogens (tertiary/aromatic N) is 2. The first-order valence-electron chi connectivity index (χ1n) is 15.2. The zero-order chi connectivity index (χ0) is 34.3. The second-order valence-electron chi connectivity index (χ2n) is 12.7. The van der Waals surface area contributed by atoms with Gasteiger partial charge in [0.05, 0.1) is 24.5 Å². The van der Waals surface area contributed by atoms with Crippen molar-refractivity contribution in [1.29, 1.82) is 0 Å². The van der Waals surface area contributed by atoms with Crippen LogP contribution in [0.15, 0.2) is 55.8 Å². The SMILES string of the molecule is C=CC(=O)NC(C(=O)N1CC(Oc2nccc3cc(OC)ccc23)CC1C(=O)NC1(C(=O)NS(=O)(=O)C2CC2)CC1C=C)C(C)(C)O. The molecule has 4 amide bonds. The number of aromatic nitrogens is 1. The van der Waals surface area contributed by atoms with Crippen molar-refractivity contribution in [1.82, 2.24) is 25.2 Å².